The molecule has 1 aliphatic carbocycles. The van der Waals surface area contributed by atoms with Gasteiger partial charge in [0.05, 0.1) is 5.69 Å². The van der Waals surface area contributed by atoms with Crippen LogP contribution in [0.5, 0.6) is 0 Å². The summed E-state index contributed by atoms with van der Waals surface area (Å²) in [6.07, 6.45) is 2.39. The maximum Gasteiger partial charge on any atom is 0.0631 e. The topological polar surface area (TPSA) is 12.0 Å². The molecule has 4 heteroatoms. The largest absolute Gasteiger partial charge is 0.380 e. The molecule has 0 unspecified atom stereocenters. The van der Waals surface area contributed by atoms with Crippen molar-refractivity contribution in [3.05, 3.63) is 61.4 Å². The number of hydrogen-bond donors (Lipinski definition) is 1. The SMILES string of the molecule is Brc1cc(Br)c(NC2CC(c3ccccc3)C2)c(Br)c1. The van der Waals surface area contributed by atoms with E-state index in [9.17, 15) is 0 Å². The fourth-order valence-corrected chi connectivity index (χ4v) is 5.10. The standard InChI is InChI=1S/C16H14Br3N/c17-12-8-14(18)16(15(19)9-12)20-13-6-11(7-13)10-4-2-1-3-5-10/h1-5,8-9,11,13,20H,6-7H2. The van der Waals surface area contributed by atoms with Crippen molar-refractivity contribution in [1.29, 1.82) is 0 Å². The van der Waals surface area contributed by atoms with E-state index in [1.807, 2.05) is 0 Å². The first kappa shape index (κ1) is 14.6. The van der Waals surface area contributed by atoms with Crippen LogP contribution in [0.15, 0.2) is 55.9 Å². The third-order valence-corrected chi connectivity index (χ3v) is 5.47. The maximum atomic E-state index is 3.63. The summed E-state index contributed by atoms with van der Waals surface area (Å²) in [7, 11) is 0. The van der Waals surface area contributed by atoms with Crippen LogP contribution in [0.3, 0.4) is 0 Å². The van der Waals surface area contributed by atoms with Crippen LogP contribution >= 0.6 is 47.8 Å². The van der Waals surface area contributed by atoms with Crippen molar-refractivity contribution in [2.24, 2.45) is 0 Å². The highest BCUT2D eigenvalue weighted by molar-refractivity contribution is 9.11. The minimum Gasteiger partial charge on any atom is -0.380 e. The number of halogens is 3. The number of benzene rings is 2. The van der Waals surface area contributed by atoms with Gasteiger partial charge in [0, 0.05) is 19.5 Å². The quantitative estimate of drug-likeness (QED) is 0.565. The zero-order valence-corrected chi connectivity index (χ0v) is 15.5. The van der Waals surface area contributed by atoms with E-state index in [2.05, 4.69) is 95.6 Å². The molecule has 0 amide bonds. The summed E-state index contributed by atoms with van der Waals surface area (Å²) in [5.41, 5.74) is 2.60. The first-order chi connectivity index (χ1) is 9.63. The normalized spacial score (nSPS) is 21.4. The lowest BCUT2D eigenvalue weighted by atomic mass is 9.76. The summed E-state index contributed by atoms with van der Waals surface area (Å²) in [5.74, 6) is 0.696. The van der Waals surface area contributed by atoms with Gasteiger partial charge < -0.3 is 5.32 Å². The van der Waals surface area contributed by atoms with Gasteiger partial charge in [-0.2, -0.15) is 0 Å². The Bertz CT molecular complexity index is 583. The minimum atomic E-state index is 0.550. The Morgan fingerprint density at radius 1 is 0.900 bits per heavy atom. The lowest BCUT2D eigenvalue weighted by Crippen LogP contribution is -2.34. The van der Waals surface area contributed by atoms with E-state index in [4.69, 9.17) is 0 Å². The van der Waals surface area contributed by atoms with Gasteiger partial charge in [-0.25, -0.2) is 0 Å². The molecule has 0 saturated heterocycles. The van der Waals surface area contributed by atoms with E-state index in [1.165, 1.54) is 18.4 Å². The van der Waals surface area contributed by atoms with Crippen molar-refractivity contribution < 1.29 is 0 Å². The molecule has 3 rings (SSSR count). The molecule has 0 aliphatic heterocycles. The molecule has 0 spiro atoms. The van der Waals surface area contributed by atoms with Crippen LogP contribution in [-0.2, 0) is 0 Å². The minimum absolute atomic E-state index is 0.550. The highest BCUT2D eigenvalue weighted by Crippen LogP contribution is 2.41. The summed E-state index contributed by atoms with van der Waals surface area (Å²) in [6.45, 7) is 0. The van der Waals surface area contributed by atoms with Gasteiger partial charge in [-0.05, 0) is 68.3 Å². The molecule has 0 atom stereocenters. The van der Waals surface area contributed by atoms with Gasteiger partial charge >= 0.3 is 0 Å². The second-order valence-corrected chi connectivity index (χ2v) is 7.79. The van der Waals surface area contributed by atoms with Crippen molar-refractivity contribution >= 4 is 53.5 Å². The molecule has 0 aromatic heterocycles. The number of nitrogens with one attached hydrogen (secondary N) is 1. The van der Waals surface area contributed by atoms with Crippen molar-refractivity contribution in [2.75, 3.05) is 5.32 Å². The molecule has 0 radical (unpaired) electrons. The molecule has 1 fully saturated rings. The van der Waals surface area contributed by atoms with E-state index in [-0.39, 0.29) is 0 Å². The van der Waals surface area contributed by atoms with E-state index in [0.717, 1.165) is 19.1 Å². The number of rotatable bonds is 3. The smallest absolute Gasteiger partial charge is 0.0631 e. The van der Waals surface area contributed by atoms with E-state index >= 15 is 0 Å². The van der Waals surface area contributed by atoms with Gasteiger partial charge in [0.2, 0.25) is 0 Å². The maximum absolute atomic E-state index is 3.63. The van der Waals surface area contributed by atoms with Crippen molar-refractivity contribution in [3.8, 4) is 0 Å². The molecule has 1 N–H and O–H groups in total. The zero-order valence-electron chi connectivity index (χ0n) is 10.7. The third-order valence-electron chi connectivity index (χ3n) is 3.76. The molecule has 1 aliphatic rings. The second-order valence-electron chi connectivity index (χ2n) is 5.16. The molecule has 0 heterocycles. The first-order valence-corrected chi connectivity index (χ1v) is 8.97. The number of hydrogen-bond acceptors (Lipinski definition) is 1. The second kappa shape index (κ2) is 6.20. The number of anilines is 1. The lowest BCUT2D eigenvalue weighted by molar-refractivity contribution is 0.374. The Labute approximate surface area is 144 Å². The highest BCUT2D eigenvalue weighted by Gasteiger charge is 2.30. The predicted octanol–water partition coefficient (Wildman–Crippen LogP) is 6.33. The highest BCUT2D eigenvalue weighted by atomic mass is 79.9. The molecule has 1 nitrogen and oxygen atoms in total. The van der Waals surface area contributed by atoms with Gasteiger partial charge in [0.15, 0.2) is 0 Å². The molecule has 2 aromatic carbocycles. The van der Waals surface area contributed by atoms with E-state index in [0.29, 0.717) is 12.0 Å². The Morgan fingerprint density at radius 2 is 1.50 bits per heavy atom. The molecular formula is C16H14Br3N. The van der Waals surface area contributed by atoms with Crippen LogP contribution < -0.4 is 5.32 Å². The zero-order chi connectivity index (χ0) is 14.1. The Balaban J connectivity index is 1.65. The van der Waals surface area contributed by atoms with Crippen LogP contribution in [0.1, 0.15) is 24.3 Å². The summed E-state index contributed by atoms with van der Waals surface area (Å²) in [5, 5.41) is 3.63. The molecule has 20 heavy (non-hydrogen) atoms. The van der Waals surface area contributed by atoms with Crippen LogP contribution in [0.4, 0.5) is 5.69 Å². The fraction of sp³-hybridized carbons (Fsp3) is 0.250. The van der Waals surface area contributed by atoms with Crippen molar-refractivity contribution in [1.82, 2.24) is 0 Å². The molecule has 2 aromatic rings. The Hall–Kier alpha value is -0.320. The Morgan fingerprint density at radius 3 is 2.10 bits per heavy atom. The van der Waals surface area contributed by atoms with Gasteiger partial charge in [-0.1, -0.05) is 46.3 Å². The predicted molar refractivity (Wildman–Crippen MR) is 95.4 cm³/mol. The monoisotopic (exact) mass is 457 g/mol. The lowest BCUT2D eigenvalue weighted by Gasteiger charge is -2.37. The van der Waals surface area contributed by atoms with Crippen LogP contribution in [-0.4, -0.2) is 6.04 Å². The molecule has 0 bridgehead atoms. The average Bonchev–Trinajstić information content (AvgIpc) is 2.36. The van der Waals surface area contributed by atoms with Gasteiger partial charge in [0.1, 0.15) is 0 Å². The summed E-state index contributed by atoms with van der Waals surface area (Å²) in [4.78, 5) is 0. The first-order valence-electron chi connectivity index (χ1n) is 6.59. The van der Waals surface area contributed by atoms with Crippen molar-refractivity contribution in [3.63, 3.8) is 0 Å². The van der Waals surface area contributed by atoms with Crippen LogP contribution in [0.25, 0.3) is 0 Å². The summed E-state index contributed by atoms with van der Waals surface area (Å²) >= 11 is 10.7. The van der Waals surface area contributed by atoms with E-state index < -0.39 is 0 Å². The van der Waals surface area contributed by atoms with Crippen molar-refractivity contribution in [2.45, 2.75) is 24.8 Å². The van der Waals surface area contributed by atoms with Crippen LogP contribution in [0.2, 0.25) is 0 Å². The molecule has 1 saturated carbocycles. The third kappa shape index (κ3) is 3.12. The summed E-state index contributed by atoms with van der Waals surface area (Å²) in [6, 6.07) is 15.5. The van der Waals surface area contributed by atoms with Crippen LogP contribution in [0, 0.1) is 0 Å². The fourth-order valence-electron chi connectivity index (χ4n) is 2.62. The molecule has 104 valence electrons. The van der Waals surface area contributed by atoms with Gasteiger partial charge in [-0.15, -0.1) is 0 Å². The van der Waals surface area contributed by atoms with E-state index in [1.54, 1.807) is 0 Å². The van der Waals surface area contributed by atoms with Gasteiger partial charge in [0.25, 0.3) is 0 Å². The summed E-state index contributed by atoms with van der Waals surface area (Å²) < 4.78 is 3.24. The molecular weight excluding hydrogens is 446 g/mol. The van der Waals surface area contributed by atoms with Gasteiger partial charge in [-0.3, -0.25) is 0 Å². The Kier molecular flexibility index (Phi) is 4.53. The average molecular weight is 460 g/mol.